The molecule has 2 aromatic carbocycles. The van der Waals surface area contributed by atoms with Gasteiger partial charge in [0, 0.05) is 5.56 Å². The van der Waals surface area contributed by atoms with Crippen LogP contribution in [0.1, 0.15) is 13.8 Å². The van der Waals surface area contributed by atoms with Crippen molar-refractivity contribution in [3.8, 4) is 23.0 Å². The molecule has 0 atom stereocenters. The molecule has 0 amide bonds. The van der Waals surface area contributed by atoms with Crippen molar-refractivity contribution in [2.45, 2.75) is 13.8 Å². The first kappa shape index (κ1) is 15.8. The summed E-state index contributed by atoms with van der Waals surface area (Å²) in [7, 11) is 3.24. The Morgan fingerprint density at radius 2 is 1.50 bits per heavy atom. The molecular formula is C18H20N2O2. The van der Waals surface area contributed by atoms with E-state index in [0.717, 1.165) is 16.5 Å². The molecule has 0 saturated carbocycles. The largest absolute Gasteiger partial charge is 0.494 e. The van der Waals surface area contributed by atoms with Crippen LogP contribution in [0.15, 0.2) is 48.5 Å². The van der Waals surface area contributed by atoms with Crippen LogP contribution in [0.4, 0.5) is 0 Å². The summed E-state index contributed by atoms with van der Waals surface area (Å²) in [6.45, 7) is 4.00. The molecule has 0 unspecified atom stereocenters. The summed E-state index contributed by atoms with van der Waals surface area (Å²) in [6, 6.07) is 15.5. The molecule has 4 nitrogen and oxygen atoms in total. The Morgan fingerprint density at radius 1 is 0.773 bits per heavy atom. The Bertz CT molecular complexity index is 743. The normalized spacial score (nSPS) is 9.82. The third-order valence-corrected chi connectivity index (χ3v) is 3.10. The number of ether oxygens (including phenoxy) is 2. The van der Waals surface area contributed by atoms with Gasteiger partial charge < -0.3 is 9.47 Å². The standard InChI is InChI=1S/C16H14N2O2.C2H6/c1-19-13-10-6-9-12-14(13)17-15(18-16(12)20-2)11-7-4-3-5-8-11;1-2/h3-10H,1-2H3;1-2H3. The SMILES string of the molecule is CC.COc1nc(-c2ccccc2)nc2c(OC)cccc12. The van der Waals surface area contributed by atoms with Crippen molar-refractivity contribution in [2.24, 2.45) is 0 Å². The maximum Gasteiger partial charge on any atom is 0.224 e. The molecule has 0 radical (unpaired) electrons. The summed E-state index contributed by atoms with van der Waals surface area (Å²) in [4.78, 5) is 9.08. The van der Waals surface area contributed by atoms with Gasteiger partial charge in [-0.15, -0.1) is 0 Å². The monoisotopic (exact) mass is 296 g/mol. The smallest absolute Gasteiger partial charge is 0.224 e. The number of hydrogen-bond acceptors (Lipinski definition) is 4. The van der Waals surface area contributed by atoms with Crippen molar-refractivity contribution in [1.82, 2.24) is 9.97 Å². The first-order valence-corrected chi connectivity index (χ1v) is 7.27. The van der Waals surface area contributed by atoms with Gasteiger partial charge in [0.2, 0.25) is 5.88 Å². The van der Waals surface area contributed by atoms with Crippen LogP contribution in [0.2, 0.25) is 0 Å². The van der Waals surface area contributed by atoms with Crippen LogP contribution >= 0.6 is 0 Å². The number of fused-ring (bicyclic) bond motifs is 1. The first-order chi connectivity index (χ1) is 10.8. The van der Waals surface area contributed by atoms with Crippen molar-refractivity contribution in [3.63, 3.8) is 0 Å². The van der Waals surface area contributed by atoms with E-state index in [1.54, 1.807) is 14.2 Å². The molecule has 0 saturated heterocycles. The minimum atomic E-state index is 0.549. The van der Waals surface area contributed by atoms with Crippen molar-refractivity contribution in [3.05, 3.63) is 48.5 Å². The van der Waals surface area contributed by atoms with E-state index in [1.807, 2.05) is 62.4 Å². The quantitative estimate of drug-likeness (QED) is 0.721. The lowest BCUT2D eigenvalue weighted by atomic mass is 10.2. The zero-order chi connectivity index (χ0) is 15.9. The third-order valence-electron chi connectivity index (χ3n) is 3.10. The molecule has 4 heteroatoms. The second-order valence-corrected chi connectivity index (χ2v) is 4.28. The van der Waals surface area contributed by atoms with Gasteiger partial charge in [-0.3, -0.25) is 0 Å². The average molecular weight is 296 g/mol. The summed E-state index contributed by atoms with van der Waals surface area (Å²) >= 11 is 0. The van der Waals surface area contributed by atoms with Gasteiger partial charge in [-0.05, 0) is 12.1 Å². The van der Waals surface area contributed by atoms with Crippen LogP contribution < -0.4 is 9.47 Å². The Balaban J connectivity index is 0.000000847. The van der Waals surface area contributed by atoms with Gasteiger partial charge in [-0.1, -0.05) is 50.2 Å². The highest BCUT2D eigenvalue weighted by atomic mass is 16.5. The number of nitrogens with zero attached hydrogens (tertiary/aromatic N) is 2. The lowest BCUT2D eigenvalue weighted by Crippen LogP contribution is -1.97. The van der Waals surface area contributed by atoms with Crippen molar-refractivity contribution >= 4 is 10.9 Å². The molecular weight excluding hydrogens is 276 g/mol. The van der Waals surface area contributed by atoms with Crippen LogP contribution in [0.25, 0.3) is 22.3 Å². The molecule has 22 heavy (non-hydrogen) atoms. The molecule has 0 aliphatic carbocycles. The maximum atomic E-state index is 5.38. The average Bonchev–Trinajstić information content (AvgIpc) is 2.62. The molecule has 1 aromatic heterocycles. The third kappa shape index (κ3) is 3.01. The van der Waals surface area contributed by atoms with Crippen LogP contribution in [0, 0.1) is 0 Å². The lowest BCUT2D eigenvalue weighted by molar-refractivity contribution is 0.401. The predicted molar refractivity (Wildman–Crippen MR) is 89.4 cm³/mol. The fraction of sp³-hybridized carbons (Fsp3) is 0.222. The number of hydrogen-bond donors (Lipinski definition) is 0. The molecule has 3 rings (SSSR count). The second kappa shape index (κ2) is 7.41. The zero-order valence-corrected chi connectivity index (χ0v) is 13.3. The summed E-state index contributed by atoms with van der Waals surface area (Å²) in [6.07, 6.45) is 0. The fourth-order valence-corrected chi connectivity index (χ4v) is 2.13. The van der Waals surface area contributed by atoms with Gasteiger partial charge in [0.25, 0.3) is 0 Å². The summed E-state index contributed by atoms with van der Waals surface area (Å²) in [5.41, 5.74) is 1.69. The number of rotatable bonds is 3. The molecule has 0 aliphatic rings. The number of para-hydroxylation sites is 1. The highest BCUT2D eigenvalue weighted by molar-refractivity contribution is 5.89. The van der Waals surface area contributed by atoms with E-state index in [-0.39, 0.29) is 0 Å². The van der Waals surface area contributed by atoms with E-state index in [0.29, 0.717) is 17.5 Å². The van der Waals surface area contributed by atoms with Crippen molar-refractivity contribution in [1.29, 1.82) is 0 Å². The molecule has 0 bridgehead atoms. The van der Waals surface area contributed by atoms with Crippen molar-refractivity contribution < 1.29 is 9.47 Å². The Labute approximate surface area is 130 Å². The van der Waals surface area contributed by atoms with Gasteiger partial charge in [-0.25, -0.2) is 4.98 Å². The van der Waals surface area contributed by atoms with E-state index in [1.165, 1.54) is 0 Å². The summed E-state index contributed by atoms with van der Waals surface area (Å²) in [5.74, 6) is 1.88. The number of methoxy groups -OCH3 is 2. The Kier molecular flexibility index (Phi) is 5.31. The van der Waals surface area contributed by atoms with Gasteiger partial charge in [0.1, 0.15) is 11.3 Å². The topological polar surface area (TPSA) is 44.2 Å². The van der Waals surface area contributed by atoms with E-state index >= 15 is 0 Å². The van der Waals surface area contributed by atoms with Gasteiger partial charge in [-0.2, -0.15) is 4.98 Å². The Hall–Kier alpha value is -2.62. The Morgan fingerprint density at radius 3 is 2.14 bits per heavy atom. The van der Waals surface area contributed by atoms with E-state index in [9.17, 15) is 0 Å². The first-order valence-electron chi connectivity index (χ1n) is 7.27. The van der Waals surface area contributed by atoms with E-state index < -0.39 is 0 Å². The molecule has 0 N–H and O–H groups in total. The number of benzene rings is 2. The number of aromatic nitrogens is 2. The van der Waals surface area contributed by atoms with Gasteiger partial charge >= 0.3 is 0 Å². The van der Waals surface area contributed by atoms with E-state index in [4.69, 9.17) is 9.47 Å². The van der Waals surface area contributed by atoms with Crippen LogP contribution in [0.5, 0.6) is 11.6 Å². The minimum Gasteiger partial charge on any atom is -0.494 e. The molecule has 1 heterocycles. The highest BCUT2D eigenvalue weighted by Crippen LogP contribution is 2.31. The molecule has 114 valence electrons. The predicted octanol–water partition coefficient (Wildman–Crippen LogP) is 4.34. The van der Waals surface area contributed by atoms with Crippen LogP contribution in [-0.2, 0) is 0 Å². The summed E-state index contributed by atoms with van der Waals surface area (Å²) < 4.78 is 10.8. The summed E-state index contributed by atoms with van der Waals surface area (Å²) in [5, 5.41) is 0.839. The van der Waals surface area contributed by atoms with Crippen LogP contribution in [-0.4, -0.2) is 24.2 Å². The molecule has 0 spiro atoms. The lowest BCUT2D eigenvalue weighted by Gasteiger charge is -2.10. The maximum absolute atomic E-state index is 5.38. The van der Waals surface area contributed by atoms with Gasteiger partial charge in [0.15, 0.2) is 5.82 Å². The highest BCUT2D eigenvalue weighted by Gasteiger charge is 2.12. The molecule has 3 aromatic rings. The fourth-order valence-electron chi connectivity index (χ4n) is 2.13. The zero-order valence-electron chi connectivity index (χ0n) is 13.3. The molecule has 0 aliphatic heterocycles. The van der Waals surface area contributed by atoms with E-state index in [2.05, 4.69) is 9.97 Å². The van der Waals surface area contributed by atoms with Gasteiger partial charge in [0.05, 0.1) is 19.6 Å². The van der Waals surface area contributed by atoms with Crippen molar-refractivity contribution in [2.75, 3.05) is 14.2 Å². The van der Waals surface area contributed by atoms with Crippen LogP contribution in [0.3, 0.4) is 0 Å². The minimum absolute atomic E-state index is 0.549. The second-order valence-electron chi connectivity index (χ2n) is 4.28. The molecule has 0 fully saturated rings.